The van der Waals surface area contributed by atoms with E-state index in [2.05, 4.69) is 26.5 Å². The Morgan fingerprint density at radius 3 is 2.87 bits per heavy atom. The van der Waals surface area contributed by atoms with Gasteiger partial charge in [0.15, 0.2) is 11.5 Å². The van der Waals surface area contributed by atoms with Crippen LogP contribution in [0.1, 0.15) is 22.8 Å². The summed E-state index contributed by atoms with van der Waals surface area (Å²) in [7, 11) is 0. The number of amides is 1. The lowest BCUT2D eigenvalue weighted by Crippen LogP contribution is -2.18. The summed E-state index contributed by atoms with van der Waals surface area (Å²) in [5, 5.41) is 13.8. The van der Waals surface area contributed by atoms with Crippen LogP contribution in [-0.4, -0.2) is 23.8 Å². The summed E-state index contributed by atoms with van der Waals surface area (Å²) in [6, 6.07) is 10.1. The van der Waals surface area contributed by atoms with Gasteiger partial charge >= 0.3 is 0 Å². The summed E-state index contributed by atoms with van der Waals surface area (Å²) in [6.45, 7) is 2.19. The van der Waals surface area contributed by atoms with E-state index < -0.39 is 0 Å². The summed E-state index contributed by atoms with van der Waals surface area (Å²) in [4.78, 5) is 12.0. The molecule has 0 fully saturated rings. The number of hydrazone groups is 1. The molecular weight excluding hydrogens is 384 g/mol. The molecular formula is C16H14BrClN2O3. The van der Waals surface area contributed by atoms with Gasteiger partial charge in [-0.05, 0) is 52.7 Å². The van der Waals surface area contributed by atoms with Crippen molar-refractivity contribution in [3.8, 4) is 11.5 Å². The number of nitrogens with one attached hydrogen (secondary N) is 1. The molecule has 0 unspecified atom stereocenters. The molecule has 2 aromatic rings. The highest BCUT2D eigenvalue weighted by Gasteiger charge is 2.10. The number of ether oxygens (including phenoxy) is 1. The zero-order valence-electron chi connectivity index (χ0n) is 12.2. The van der Waals surface area contributed by atoms with Crippen LogP contribution in [0.15, 0.2) is 46.0 Å². The Labute approximate surface area is 147 Å². The SMILES string of the molecule is CCOc1cc(/C=N/NC(=O)c2ccccc2Br)cc(Cl)c1O. The molecule has 0 aliphatic heterocycles. The van der Waals surface area contributed by atoms with Crippen LogP contribution in [0.3, 0.4) is 0 Å². The van der Waals surface area contributed by atoms with Gasteiger partial charge < -0.3 is 9.84 Å². The van der Waals surface area contributed by atoms with Crippen LogP contribution in [0.2, 0.25) is 5.02 Å². The third-order valence-electron chi connectivity index (χ3n) is 2.85. The van der Waals surface area contributed by atoms with E-state index in [4.69, 9.17) is 16.3 Å². The molecule has 23 heavy (non-hydrogen) atoms. The second-order valence-electron chi connectivity index (χ2n) is 4.46. The van der Waals surface area contributed by atoms with Crippen molar-refractivity contribution in [1.29, 1.82) is 0 Å². The van der Waals surface area contributed by atoms with Crippen molar-refractivity contribution in [2.24, 2.45) is 5.10 Å². The number of phenols is 1. The van der Waals surface area contributed by atoms with Gasteiger partial charge in [-0.3, -0.25) is 4.79 Å². The average Bonchev–Trinajstić information content (AvgIpc) is 2.52. The Morgan fingerprint density at radius 1 is 1.43 bits per heavy atom. The van der Waals surface area contributed by atoms with Gasteiger partial charge in [-0.15, -0.1) is 0 Å². The molecule has 0 aromatic heterocycles. The molecule has 0 saturated heterocycles. The lowest BCUT2D eigenvalue weighted by atomic mass is 10.2. The maximum Gasteiger partial charge on any atom is 0.272 e. The van der Waals surface area contributed by atoms with Crippen LogP contribution in [-0.2, 0) is 0 Å². The molecule has 2 N–H and O–H groups in total. The molecule has 0 bridgehead atoms. The third kappa shape index (κ3) is 4.46. The molecule has 2 rings (SSSR count). The van der Waals surface area contributed by atoms with E-state index in [9.17, 15) is 9.90 Å². The Kier molecular flexibility index (Phi) is 6.01. The van der Waals surface area contributed by atoms with Crippen molar-refractivity contribution >= 4 is 39.7 Å². The lowest BCUT2D eigenvalue weighted by Gasteiger charge is -2.08. The second kappa shape index (κ2) is 7.99. The molecule has 0 aliphatic carbocycles. The number of carbonyl (C=O) groups excluding carboxylic acids is 1. The summed E-state index contributed by atoms with van der Waals surface area (Å²) < 4.78 is 5.96. The highest BCUT2D eigenvalue weighted by atomic mass is 79.9. The Morgan fingerprint density at radius 2 is 2.17 bits per heavy atom. The van der Waals surface area contributed by atoms with Gasteiger partial charge in [-0.25, -0.2) is 5.43 Å². The zero-order chi connectivity index (χ0) is 16.8. The number of rotatable bonds is 5. The van der Waals surface area contributed by atoms with Crippen LogP contribution in [0.5, 0.6) is 11.5 Å². The molecule has 0 heterocycles. The number of phenolic OH excluding ortho intramolecular Hbond substituents is 1. The van der Waals surface area contributed by atoms with Gasteiger partial charge in [0.1, 0.15) is 0 Å². The van der Waals surface area contributed by atoms with Crippen molar-refractivity contribution in [3.63, 3.8) is 0 Å². The van der Waals surface area contributed by atoms with Crippen LogP contribution < -0.4 is 10.2 Å². The smallest absolute Gasteiger partial charge is 0.272 e. The van der Waals surface area contributed by atoms with Crippen molar-refractivity contribution < 1.29 is 14.6 Å². The highest BCUT2D eigenvalue weighted by molar-refractivity contribution is 9.10. The monoisotopic (exact) mass is 396 g/mol. The number of aromatic hydroxyl groups is 1. The summed E-state index contributed by atoms with van der Waals surface area (Å²) >= 11 is 9.23. The number of hydrogen-bond donors (Lipinski definition) is 2. The first kappa shape index (κ1) is 17.3. The first-order chi connectivity index (χ1) is 11.0. The molecule has 0 spiro atoms. The molecule has 0 aliphatic rings. The van der Waals surface area contributed by atoms with Gasteiger partial charge in [-0.1, -0.05) is 23.7 Å². The first-order valence-corrected chi connectivity index (χ1v) is 7.93. The van der Waals surface area contributed by atoms with Crippen LogP contribution in [0.25, 0.3) is 0 Å². The van der Waals surface area contributed by atoms with E-state index in [1.54, 1.807) is 31.2 Å². The van der Waals surface area contributed by atoms with Crippen molar-refractivity contribution in [3.05, 3.63) is 57.0 Å². The molecule has 0 radical (unpaired) electrons. The fourth-order valence-corrected chi connectivity index (χ4v) is 2.49. The van der Waals surface area contributed by atoms with Gasteiger partial charge in [0.25, 0.3) is 5.91 Å². The second-order valence-corrected chi connectivity index (χ2v) is 5.72. The lowest BCUT2D eigenvalue weighted by molar-refractivity contribution is 0.0954. The van der Waals surface area contributed by atoms with Crippen LogP contribution >= 0.6 is 27.5 Å². The normalized spacial score (nSPS) is 10.7. The van der Waals surface area contributed by atoms with Crippen molar-refractivity contribution in [1.82, 2.24) is 5.43 Å². The van der Waals surface area contributed by atoms with Crippen molar-refractivity contribution in [2.45, 2.75) is 6.92 Å². The molecule has 0 saturated carbocycles. The number of nitrogens with zero attached hydrogens (tertiary/aromatic N) is 1. The predicted molar refractivity (Wildman–Crippen MR) is 93.5 cm³/mol. The molecule has 0 atom stereocenters. The van der Waals surface area contributed by atoms with E-state index in [-0.39, 0.29) is 22.4 Å². The van der Waals surface area contributed by atoms with E-state index >= 15 is 0 Å². The van der Waals surface area contributed by atoms with Crippen LogP contribution in [0.4, 0.5) is 0 Å². The summed E-state index contributed by atoms with van der Waals surface area (Å²) in [5.41, 5.74) is 3.49. The van der Waals surface area contributed by atoms with Crippen molar-refractivity contribution in [2.75, 3.05) is 6.61 Å². The van der Waals surface area contributed by atoms with Crippen LogP contribution in [0, 0.1) is 0 Å². The number of benzene rings is 2. The largest absolute Gasteiger partial charge is 0.503 e. The van der Waals surface area contributed by atoms with E-state index in [0.717, 1.165) is 0 Å². The number of halogens is 2. The predicted octanol–water partition coefficient (Wildman–Crippen LogP) is 3.97. The maximum atomic E-state index is 12.0. The first-order valence-electron chi connectivity index (χ1n) is 6.76. The van der Waals surface area contributed by atoms with Gasteiger partial charge in [-0.2, -0.15) is 5.10 Å². The summed E-state index contributed by atoms with van der Waals surface area (Å²) in [5.74, 6) is -0.204. The van der Waals surface area contributed by atoms with Gasteiger partial charge in [0.05, 0.1) is 23.4 Å². The zero-order valence-corrected chi connectivity index (χ0v) is 14.6. The fraction of sp³-hybridized carbons (Fsp3) is 0.125. The third-order valence-corrected chi connectivity index (χ3v) is 3.83. The topological polar surface area (TPSA) is 70.9 Å². The van der Waals surface area contributed by atoms with E-state index in [1.165, 1.54) is 12.3 Å². The minimum atomic E-state index is -0.344. The summed E-state index contributed by atoms with van der Waals surface area (Å²) in [6.07, 6.45) is 1.42. The maximum absolute atomic E-state index is 12.0. The fourth-order valence-electron chi connectivity index (χ4n) is 1.80. The number of carbonyl (C=O) groups is 1. The highest BCUT2D eigenvalue weighted by Crippen LogP contribution is 2.34. The molecule has 2 aromatic carbocycles. The minimum Gasteiger partial charge on any atom is -0.503 e. The molecule has 120 valence electrons. The Hall–Kier alpha value is -2.05. The standard InChI is InChI=1S/C16H14BrClN2O3/c1-2-23-14-8-10(7-13(18)15(14)21)9-19-20-16(22)11-5-3-4-6-12(11)17/h3-9,21H,2H2,1H3,(H,20,22)/b19-9+. The van der Waals surface area contributed by atoms with E-state index in [0.29, 0.717) is 22.2 Å². The molecule has 7 heteroatoms. The van der Waals surface area contributed by atoms with Gasteiger partial charge in [0.2, 0.25) is 0 Å². The quantitative estimate of drug-likeness (QED) is 0.592. The average molecular weight is 398 g/mol. The Balaban J connectivity index is 2.12. The number of hydrogen-bond acceptors (Lipinski definition) is 4. The Bertz CT molecular complexity index is 750. The molecule has 5 nitrogen and oxygen atoms in total. The van der Waals surface area contributed by atoms with E-state index in [1.807, 2.05) is 6.07 Å². The van der Waals surface area contributed by atoms with Gasteiger partial charge in [0, 0.05) is 4.47 Å². The molecule has 1 amide bonds. The minimum absolute atomic E-state index is 0.122.